The predicted molar refractivity (Wildman–Crippen MR) is 80.5 cm³/mol. The van der Waals surface area contributed by atoms with Gasteiger partial charge in [-0.15, -0.1) is 11.3 Å². The zero-order chi connectivity index (χ0) is 14.7. The number of thiophene rings is 1. The minimum Gasteiger partial charge on any atom is -0.409 e. The highest BCUT2D eigenvalue weighted by molar-refractivity contribution is 7.14. The van der Waals surface area contributed by atoms with Crippen LogP contribution in [0.15, 0.2) is 11.2 Å². The van der Waals surface area contributed by atoms with Crippen molar-refractivity contribution in [3.8, 4) is 0 Å². The Morgan fingerprint density at radius 2 is 2.35 bits per heavy atom. The number of carbonyl (C=O) groups is 1. The zero-order valence-electron chi connectivity index (χ0n) is 11.9. The summed E-state index contributed by atoms with van der Waals surface area (Å²) >= 11 is 1.61. The predicted octanol–water partition coefficient (Wildman–Crippen LogP) is 2.08. The lowest BCUT2D eigenvalue weighted by molar-refractivity contribution is 0.0758. The summed E-state index contributed by atoms with van der Waals surface area (Å²) in [6.07, 6.45) is 3.39. The topological polar surface area (TPSA) is 78.9 Å². The number of fused-ring (bicyclic) bond motifs is 1. The summed E-state index contributed by atoms with van der Waals surface area (Å²) in [6.45, 7) is 4.87. The molecule has 6 heteroatoms. The first kappa shape index (κ1) is 14.8. The maximum absolute atomic E-state index is 12.5. The van der Waals surface area contributed by atoms with Crippen LogP contribution in [0.1, 0.15) is 40.4 Å². The smallest absolute Gasteiger partial charge is 0.263 e. The van der Waals surface area contributed by atoms with E-state index in [0.717, 1.165) is 17.7 Å². The molecule has 1 aliphatic rings. The van der Waals surface area contributed by atoms with Crippen LogP contribution >= 0.6 is 11.3 Å². The highest BCUT2D eigenvalue weighted by atomic mass is 32.1. The van der Waals surface area contributed by atoms with Gasteiger partial charge in [-0.2, -0.15) is 0 Å². The molecule has 0 aliphatic heterocycles. The second-order valence-corrected chi connectivity index (χ2v) is 6.32. The number of nitrogens with zero attached hydrogens (tertiary/aromatic N) is 2. The molecule has 1 aromatic heterocycles. The van der Waals surface area contributed by atoms with E-state index >= 15 is 0 Å². The van der Waals surface area contributed by atoms with Crippen molar-refractivity contribution in [1.82, 2.24) is 4.90 Å². The summed E-state index contributed by atoms with van der Waals surface area (Å²) in [4.78, 5) is 16.4. The molecule has 1 atom stereocenters. The Morgan fingerprint density at radius 1 is 1.60 bits per heavy atom. The molecule has 1 aromatic rings. The number of amides is 1. The normalized spacial score (nSPS) is 16.0. The van der Waals surface area contributed by atoms with E-state index < -0.39 is 0 Å². The molecule has 3 N–H and O–H groups in total. The van der Waals surface area contributed by atoms with Gasteiger partial charge in [0, 0.05) is 23.9 Å². The average Bonchev–Trinajstić information content (AvgIpc) is 3.03. The molecular formula is C14H21N3O2S. The maximum Gasteiger partial charge on any atom is 0.263 e. The first-order valence-electron chi connectivity index (χ1n) is 6.95. The minimum atomic E-state index is -0.157. The van der Waals surface area contributed by atoms with Crippen molar-refractivity contribution in [2.45, 2.75) is 33.1 Å². The lowest BCUT2D eigenvalue weighted by Gasteiger charge is -2.23. The molecule has 20 heavy (non-hydrogen) atoms. The lowest BCUT2D eigenvalue weighted by atomic mass is 10.1. The van der Waals surface area contributed by atoms with Gasteiger partial charge in [-0.3, -0.25) is 4.79 Å². The molecule has 5 nitrogen and oxygen atoms in total. The van der Waals surface area contributed by atoms with Gasteiger partial charge in [0.15, 0.2) is 0 Å². The van der Waals surface area contributed by atoms with E-state index in [-0.39, 0.29) is 17.7 Å². The maximum atomic E-state index is 12.5. The van der Waals surface area contributed by atoms with Crippen molar-refractivity contribution >= 4 is 23.1 Å². The number of nitrogens with two attached hydrogens (primary N) is 1. The molecule has 2 rings (SSSR count). The molecule has 0 saturated carbocycles. The second-order valence-electron chi connectivity index (χ2n) is 5.18. The highest BCUT2D eigenvalue weighted by Crippen LogP contribution is 2.31. The van der Waals surface area contributed by atoms with Crippen molar-refractivity contribution in [2.24, 2.45) is 16.8 Å². The van der Waals surface area contributed by atoms with E-state index in [0.29, 0.717) is 13.1 Å². The van der Waals surface area contributed by atoms with E-state index in [1.165, 1.54) is 16.9 Å². The molecule has 0 fully saturated rings. The molecule has 1 amide bonds. The Morgan fingerprint density at radius 3 is 2.95 bits per heavy atom. The molecule has 0 saturated heterocycles. The number of hydrogen-bond donors (Lipinski definition) is 2. The first-order chi connectivity index (χ1) is 9.56. The Kier molecular flexibility index (Phi) is 4.65. The third-order valence-corrected chi connectivity index (χ3v) is 4.97. The molecule has 0 bridgehead atoms. The number of hydrogen-bond acceptors (Lipinski definition) is 4. The van der Waals surface area contributed by atoms with Crippen molar-refractivity contribution < 1.29 is 10.0 Å². The number of rotatable bonds is 5. The van der Waals surface area contributed by atoms with E-state index in [2.05, 4.69) is 5.16 Å². The number of amidine groups is 1. The average molecular weight is 295 g/mol. The van der Waals surface area contributed by atoms with E-state index in [1.54, 1.807) is 16.2 Å². The largest absolute Gasteiger partial charge is 0.409 e. The van der Waals surface area contributed by atoms with Gasteiger partial charge >= 0.3 is 0 Å². The van der Waals surface area contributed by atoms with Crippen molar-refractivity contribution in [1.29, 1.82) is 0 Å². The number of aryl methyl sites for hydroxylation is 2. The van der Waals surface area contributed by atoms with Crippen LogP contribution < -0.4 is 5.73 Å². The summed E-state index contributed by atoms with van der Waals surface area (Å²) < 4.78 is 0. The first-order valence-corrected chi connectivity index (χ1v) is 7.76. The Bertz CT molecular complexity index is 503. The van der Waals surface area contributed by atoms with E-state index in [1.807, 2.05) is 19.9 Å². The van der Waals surface area contributed by atoms with Gasteiger partial charge < -0.3 is 15.8 Å². The van der Waals surface area contributed by atoms with Crippen LogP contribution in [0, 0.1) is 5.92 Å². The minimum absolute atomic E-state index is 0.0458. The number of oxime groups is 1. The van der Waals surface area contributed by atoms with Crippen molar-refractivity contribution in [3.05, 3.63) is 21.4 Å². The fourth-order valence-electron chi connectivity index (χ4n) is 2.47. The summed E-state index contributed by atoms with van der Waals surface area (Å²) in [5.74, 6) is 0.0464. The Balaban J connectivity index is 2.08. The van der Waals surface area contributed by atoms with Crippen LogP contribution in [0.2, 0.25) is 0 Å². The van der Waals surface area contributed by atoms with Crippen LogP contribution in [-0.4, -0.2) is 34.9 Å². The lowest BCUT2D eigenvalue weighted by Crippen LogP contribution is -2.38. The molecule has 110 valence electrons. The monoisotopic (exact) mass is 295 g/mol. The zero-order valence-corrected chi connectivity index (χ0v) is 12.7. The van der Waals surface area contributed by atoms with Crippen LogP contribution in [0.5, 0.6) is 0 Å². The fourth-order valence-corrected chi connectivity index (χ4v) is 3.69. The molecule has 0 radical (unpaired) electrons. The van der Waals surface area contributed by atoms with Gasteiger partial charge in [-0.1, -0.05) is 12.1 Å². The SMILES string of the molecule is CCN(CC(C)C(N)=NO)C(=O)c1cc2c(s1)CCC2. The third-order valence-electron chi connectivity index (χ3n) is 3.74. The van der Waals surface area contributed by atoms with Crippen molar-refractivity contribution in [3.63, 3.8) is 0 Å². The standard InChI is InChI=1S/C14H21N3O2S/c1-3-17(8-9(2)13(15)16-19)14(18)12-7-10-5-4-6-11(10)20-12/h7,9,19H,3-6,8H2,1-2H3,(H2,15,16). The Hall–Kier alpha value is -1.56. The summed E-state index contributed by atoms with van der Waals surface area (Å²) in [7, 11) is 0. The third kappa shape index (κ3) is 2.95. The second kappa shape index (κ2) is 6.26. The summed E-state index contributed by atoms with van der Waals surface area (Å²) in [5, 5.41) is 11.7. The van der Waals surface area contributed by atoms with E-state index in [4.69, 9.17) is 10.9 Å². The van der Waals surface area contributed by atoms with Crippen molar-refractivity contribution in [2.75, 3.05) is 13.1 Å². The molecule has 0 spiro atoms. The van der Waals surface area contributed by atoms with Crippen LogP contribution in [0.4, 0.5) is 0 Å². The number of carbonyl (C=O) groups excluding carboxylic acids is 1. The molecular weight excluding hydrogens is 274 g/mol. The van der Waals surface area contributed by atoms with Gasteiger partial charge in [0.05, 0.1) is 4.88 Å². The summed E-state index contributed by atoms with van der Waals surface area (Å²) in [6, 6.07) is 2.03. The van der Waals surface area contributed by atoms with E-state index in [9.17, 15) is 4.79 Å². The fraction of sp³-hybridized carbons (Fsp3) is 0.571. The van der Waals surface area contributed by atoms with Crippen LogP contribution in [0.25, 0.3) is 0 Å². The highest BCUT2D eigenvalue weighted by Gasteiger charge is 2.23. The van der Waals surface area contributed by atoms with Gasteiger partial charge in [0.1, 0.15) is 5.84 Å². The quantitative estimate of drug-likeness (QED) is 0.378. The van der Waals surface area contributed by atoms with Crippen LogP contribution in [0.3, 0.4) is 0 Å². The molecule has 1 unspecified atom stereocenters. The van der Waals surface area contributed by atoms with Gasteiger partial charge in [0.25, 0.3) is 5.91 Å². The summed E-state index contributed by atoms with van der Waals surface area (Å²) in [5.41, 5.74) is 6.91. The molecule has 0 aromatic carbocycles. The molecule has 1 heterocycles. The van der Waals surface area contributed by atoms with Gasteiger partial charge in [-0.25, -0.2) is 0 Å². The van der Waals surface area contributed by atoms with Gasteiger partial charge in [0.2, 0.25) is 0 Å². The Labute approximate surface area is 123 Å². The molecule has 1 aliphatic carbocycles. The van der Waals surface area contributed by atoms with Gasteiger partial charge in [-0.05, 0) is 37.8 Å². The van der Waals surface area contributed by atoms with Crippen LogP contribution in [-0.2, 0) is 12.8 Å².